The summed E-state index contributed by atoms with van der Waals surface area (Å²) in [5, 5.41) is 5.14. The van der Waals surface area contributed by atoms with Crippen LogP contribution in [0.25, 0.3) is 47.7 Å². The number of para-hydroxylation sites is 2. The Morgan fingerprint density at radius 1 is 0.643 bits per heavy atom. The van der Waals surface area contributed by atoms with Crippen molar-refractivity contribution in [2.75, 3.05) is 0 Å². The van der Waals surface area contributed by atoms with Crippen molar-refractivity contribution in [3.8, 4) is 5.69 Å². The van der Waals surface area contributed by atoms with Crippen LogP contribution >= 0.6 is 11.3 Å². The van der Waals surface area contributed by atoms with Gasteiger partial charge in [0.05, 0.1) is 27.5 Å². The smallest absolute Gasteiger partial charge is 0.0719 e. The number of rotatable bonds is 5. The number of thiophene rings is 1. The Balaban J connectivity index is 1.27. The van der Waals surface area contributed by atoms with E-state index in [1.807, 2.05) is 53.9 Å². The second-order valence-corrected chi connectivity index (χ2v) is 11.6. The fourth-order valence-electron chi connectivity index (χ4n) is 6.10. The normalized spacial score (nSPS) is 12.7. The summed E-state index contributed by atoms with van der Waals surface area (Å²) in [5.74, 6) is 0. The third-order valence-corrected chi connectivity index (χ3v) is 9.28. The predicted molar refractivity (Wildman–Crippen MR) is 180 cm³/mol. The number of fused-ring (bicyclic) bond motifs is 7. The van der Waals surface area contributed by atoms with E-state index in [1.165, 1.54) is 42.0 Å². The third-order valence-electron chi connectivity index (χ3n) is 8.09. The molecule has 4 heteroatoms. The maximum Gasteiger partial charge on any atom is 0.0719 e. The van der Waals surface area contributed by atoms with Crippen molar-refractivity contribution in [3.63, 3.8) is 0 Å². The van der Waals surface area contributed by atoms with Gasteiger partial charge in [-0.25, -0.2) is 0 Å². The van der Waals surface area contributed by atoms with Crippen LogP contribution in [0, 0.1) is 0 Å². The molecule has 0 spiro atoms. The highest BCUT2D eigenvalue weighted by Crippen LogP contribution is 2.42. The van der Waals surface area contributed by atoms with E-state index >= 15 is 0 Å². The molecular formula is C38H27N3S. The first-order valence-corrected chi connectivity index (χ1v) is 15.0. The fourth-order valence-corrected chi connectivity index (χ4v) is 7.34. The predicted octanol–water partition coefficient (Wildman–Crippen LogP) is 9.95. The maximum absolute atomic E-state index is 6.68. The van der Waals surface area contributed by atoms with Crippen LogP contribution in [0.15, 0.2) is 145 Å². The van der Waals surface area contributed by atoms with Crippen LogP contribution in [0.5, 0.6) is 0 Å². The van der Waals surface area contributed by atoms with E-state index in [0.29, 0.717) is 0 Å². The average Bonchev–Trinajstić information content (AvgIpc) is 3.60. The molecule has 8 rings (SSSR count). The molecule has 2 N–H and O–H groups in total. The highest BCUT2D eigenvalue weighted by Gasteiger charge is 2.18. The quantitative estimate of drug-likeness (QED) is 0.210. The molecule has 0 aliphatic carbocycles. The summed E-state index contributed by atoms with van der Waals surface area (Å²) >= 11 is 1.87. The van der Waals surface area contributed by atoms with Crippen LogP contribution in [0.3, 0.4) is 0 Å². The van der Waals surface area contributed by atoms with E-state index in [0.717, 1.165) is 28.1 Å². The van der Waals surface area contributed by atoms with Crippen molar-refractivity contribution < 1.29 is 0 Å². The van der Waals surface area contributed by atoms with Gasteiger partial charge in [-0.15, -0.1) is 11.3 Å². The molecule has 0 radical (unpaired) electrons. The number of benzene rings is 6. The van der Waals surface area contributed by atoms with Gasteiger partial charge in [0.25, 0.3) is 0 Å². The van der Waals surface area contributed by atoms with Gasteiger partial charge in [0.15, 0.2) is 0 Å². The van der Waals surface area contributed by atoms with E-state index in [4.69, 9.17) is 10.7 Å². The molecule has 6 aromatic carbocycles. The minimum absolute atomic E-state index is 0.243. The topological polar surface area (TPSA) is 43.3 Å². The lowest BCUT2D eigenvalue weighted by atomic mass is 9.98. The van der Waals surface area contributed by atoms with Crippen molar-refractivity contribution in [1.82, 2.24) is 4.57 Å². The number of nitrogens with zero attached hydrogens (tertiary/aromatic N) is 2. The van der Waals surface area contributed by atoms with Gasteiger partial charge in [0.1, 0.15) is 0 Å². The second kappa shape index (κ2) is 10.1. The Labute approximate surface area is 247 Å². The van der Waals surface area contributed by atoms with Gasteiger partial charge in [-0.05, 0) is 47.0 Å². The number of hydrogen-bond donors (Lipinski definition) is 1. The van der Waals surface area contributed by atoms with E-state index < -0.39 is 0 Å². The Kier molecular flexibility index (Phi) is 5.95. The number of hydrogen-bond acceptors (Lipinski definition) is 3. The summed E-state index contributed by atoms with van der Waals surface area (Å²) in [4.78, 5) is 4.94. The molecular weight excluding hydrogens is 531 g/mol. The van der Waals surface area contributed by atoms with Crippen LogP contribution in [-0.4, -0.2) is 10.8 Å². The van der Waals surface area contributed by atoms with E-state index in [9.17, 15) is 0 Å². The molecule has 2 heterocycles. The van der Waals surface area contributed by atoms with Crippen molar-refractivity contribution in [2.45, 2.75) is 6.04 Å². The molecule has 0 saturated carbocycles. The Bertz CT molecular complexity index is 2270. The van der Waals surface area contributed by atoms with E-state index in [2.05, 4.69) is 108 Å². The van der Waals surface area contributed by atoms with Crippen molar-refractivity contribution in [3.05, 3.63) is 156 Å². The first-order chi connectivity index (χ1) is 20.8. The molecule has 0 amide bonds. The Hall–Kier alpha value is -5.03. The highest BCUT2D eigenvalue weighted by atomic mass is 32.1. The van der Waals surface area contributed by atoms with Gasteiger partial charge in [0.2, 0.25) is 0 Å². The SMILES string of the molecule is NC(c1ccccc1)c1ccccc1/N=C/c1cccc(-n2c3ccccc3c3ccc4c5ccccc5sc4c32)c1. The minimum Gasteiger partial charge on any atom is -0.320 e. The molecule has 42 heavy (non-hydrogen) atoms. The molecule has 1 unspecified atom stereocenters. The van der Waals surface area contributed by atoms with Gasteiger partial charge >= 0.3 is 0 Å². The fraction of sp³-hybridized carbons (Fsp3) is 0.0263. The lowest BCUT2D eigenvalue weighted by Crippen LogP contribution is -2.11. The molecule has 1 atom stereocenters. The summed E-state index contributed by atoms with van der Waals surface area (Å²) in [5.41, 5.74) is 14.2. The first kappa shape index (κ1) is 24.7. The first-order valence-electron chi connectivity index (χ1n) is 14.1. The van der Waals surface area contributed by atoms with E-state index in [1.54, 1.807) is 0 Å². The van der Waals surface area contributed by atoms with Crippen molar-refractivity contribution in [1.29, 1.82) is 0 Å². The zero-order valence-electron chi connectivity index (χ0n) is 22.8. The highest BCUT2D eigenvalue weighted by molar-refractivity contribution is 7.26. The molecule has 8 aromatic rings. The maximum atomic E-state index is 6.68. The zero-order chi connectivity index (χ0) is 28.0. The molecule has 200 valence electrons. The molecule has 2 aromatic heterocycles. The van der Waals surface area contributed by atoms with Crippen LogP contribution in [0.1, 0.15) is 22.7 Å². The summed E-state index contributed by atoms with van der Waals surface area (Å²) in [6.45, 7) is 0. The van der Waals surface area contributed by atoms with Crippen LogP contribution in [0.4, 0.5) is 5.69 Å². The lowest BCUT2D eigenvalue weighted by Gasteiger charge is -2.14. The van der Waals surface area contributed by atoms with Crippen molar-refractivity contribution in [2.24, 2.45) is 10.7 Å². The Morgan fingerprint density at radius 3 is 2.29 bits per heavy atom. The van der Waals surface area contributed by atoms with Crippen LogP contribution in [-0.2, 0) is 0 Å². The molecule has 0 aliphatic heterocycles. The standard InChI is InChI=1S/C38H27N3S/c39-36(26-12-2-1-3-13-26)32-17-4-7-18-33(32)40-24-25-11-10-14-27(23-25)41-34-19-8-5-15-28(34)30-21-22-31-29-16-6-9-20-35(29)42-38(31)37(30)41/h1-24,36H,39H2/b40-24+. The summed E-state index contributed by atoms with van der Waals surface area (Å²) in [6, 6.07) is 48.7. The second-order valence-electron chi connectivity index (χ2n) is 10.6. The number of aliphatic imine (C=N–C) groups is 1. The van der Waals surface area contributed by atoms with Gasteiger partial charge < -0.3 is 10.3 Å². The van der Waals surface area contributed by atoms with Crippen LogP contribution < -0.4 is 5.73 Å². The van der Waals surface area contributed by atoms with Gasteiger partial charge in [-0.2, -0.15) is 0 Å². The Morgan fingerprint density at radius 2 is 1.38 bits per heavy atom. The van der Waals surface area contributed by atoms with Crippen molar-refractivity contribution >= 4 is 65.2 Å². The summed E-state index contributed by atoms with van der Waals surface area (Å²) < 4.78 is 5.04. The average molecular weight is 558 g/mol. The molecule has 0 bridgehead atoms. The lowest BCUT2D eigenvalue weighted by molar-refractivity contribution is 0.872. The van der Waals surface area contributed by atoms with Gasteiger partial charge in [-0.3, -0.25) is 4.99 Å². The monoisotopic (exact) mass is 557 g/mol. The van der Waals surface area contributed by atoms with Gasteiger partial charge in [-0.1, -0.05) is 109 Å². The molecule has 0 fully saturated rings. The summed E-state index contributed by atoms with van der Waals surface area (Å²) in [7, 11) is 0. The minimum atomic E-state index is -0.243. The molecule has 3 nitrogen and oxygen atoms in total. The number of aromatic nitrogens is 1. The molecule has 0 aliphatic rings. The summed E-state index contributed by atoms with van der Waals surface area (Å²) in [6.07, 6.45) is 1.95. The molecule has 0 saturated heterocycles. The largest absolute Gasteiger partial charge is 0.320 e. The van der Waals surface area contributed by atoms with Crippen LogP contribution in [0.2, 0.25) is 0 Å². The third kappa shape index (κ3) is 4.04. The zero-order valence-corrected chi connectivity index (χ0v) is 23.6. The van der Waals surface area contributed by atoms with E-state index in [-0.39, 0.29) is 6.04 Å². The van der Waals surface area contributed by atoms with Gasteiger partial charge in [0, 0.05) is 38.1 Å². The number of nitrogens with two attached hydrogens (primary N) is 1.